The molecule has 0 unspecified atom stereocenters. The Hall–Kier alpha value is -5.15. The summed E-state index contributed by atoms with van der Waals surface area (Å²) in [6.45, 7) is 9.86. The lowest BCUT2D eigenvalue weighted by molar-refractivity contribution is -0.138. The number of carbonyl (C=O) groups is 1. The Balaban J connectivity index is 1.44. The van der Waals surface area contributed by atoms with Gasteiger partial charge >= 0.3 is 5.97 Å². The molecule has 0 N–H and O–H groups in total. The molecule has 5 aromatic carbocycles. The lowest BCUT2D eigenvalue weighted by atomic mass is 9.94. The predicted molar refractivity (Wildman–Crippen MR) is 180 cm³/mol. The number of rotatable bonds is 10. The third-order valence-electron chi connectivity index (χ3n) is 7.37. The molecule has 0 spiro atoms. The van der Waals surface area contributed by atoms with Gasteiger partial charge in [-0.1, -0.05) is 109 Å². The highest BCUT2D eigenvalue weighted by molar-refractivity contribution is 5.92. The Morgan fingerprint density at radius 1 is 0.674 bits per heavy atom. The van der Waals surface area contributed by atoms with Crippen molar-refractivity contribution in [1.82, 2.24) is 0 Å². The molecule has 0 bridgehead atoms. The molecule has 0 heterocycles. The van der Waals surface area contributed by atoms with E-state index < -0.39 is 0 Å². The maximum absolute atomic E-state index is 11.7. The molecule has 0 amide bonds. The molecule has 0 aliphatic rings. The van der Waals surface area contributed by atoms with Crippen molar-refractivity contribution in [3.8, 4) is 0 Å². The summed E-state index contributed by atoms with van der Waals surface area (Å²) >= 11 is 0. The Morgan fingerprint density at radius 3 is 1.67 bits per heavy atom. The van der Waals surface area contributed by atoms with Gasteiger partial charge < -0.3 is 9.64 Å². The zero-order valence-electron chi connectivity index (χ0n) is 25.1. The van der Waals surface area contributed by atoms with Gasteiger partial charge in [-0.15, -0.1) is 0 Å². The lowest BCUT2D eigenvalue weighted by Crippen LogP contribution is -2.09. The molecule has 5 aromatic rings. The Kier molecular flexibility index (Phi) is 9.33. The molecule has 0 aliphatic heterocycles. The highest BCUT2D eigenvalue weighted by atomic mass is 16.5. The molecule has 3 nitrogen and oxygen atoms in total. The highest BCUT2D eigenvalue weighted by Gasteiger charge is 2.13. The van der Waals surface area contributed by atoms with E-state index in [1.165, 1.54) is 11.1 Å². The summed E-state index contributed by atoms with van der Waals surface area (Å²) in [5.74, 6) is -0.349. The number of hydrogen-bond donors (Lipinski definition) is 0. The van der Waals surface area contributed by atoms with Crippen LogP contribution in [0.5, 0.6) is 0 Å². The lowest BCUT2D eigenvalue weighted by Gasteiger charge is -2.26. The highest BCUT2D eigenvalue weighted by Crippen LogP contribution is 2.35. The van der Waals surface area contributed by atoms with Crippen molar-refractivity contribution in [3.05, 3.63) is 173 Å². The van der Waals surface area contributed by atoms with Crippen LogP contribution in [-0.2, 0) is 16.0 Å². The average Bonchev–Trinajstić information content (AvgIpc) is 3.03. The van der Waals surface area contributed by atoms with Crippen LogP contribution in [0.25, 0.3) is 11.6 Å². The molecule has 0 atom stereocenters. The van der Waals surface area contributed by atoms with Crippen molar-refractivity contribution in [2.45, 2.75) is 27.2 Å². The van der Waals surface area contributed by atoms with E-state index in [4.69, 9.17) is 4.74 Å². The Morgan fingerprint density at radius 2 is 1.16 bits per heavy atom. The van der Waals surface area contributed by atoms with Crippen molar-refractivity contribution in [2.75, 3.05) is 11.5 Å². The molecular weight excluding hydrogens is 526 g/mol. The fourth-order valence-corrected chi connectivity index (χ4v) is 4.91. The van der Waals surface area contributed by atoms with Gasteiger partial charge in [0.25, 0.3) is 0 Å². The first-order valence-electron chi connectivity index (χ1n) is 14.6. The van der Waals surface area contributed by atoms with Gasteiger partial charge in [0.2, 0.25) is 0 Å². The summed E-state index contributed by atoms with van der Waals surface area (Å²) in [5, 5.41) is 0. The Labute approximate surface area is 255 Å². The zero-order valence-corrected chi connectivity index (χ0v) is 25.1. The normalized spacial score (nSPS) is 11.2. The van der Waals surface area contributed by atoms with Crippen molar-refractivity contribution >= 4 is 34.7 Å². The van der Waals surface area contributed by atoms with Gasteiger partial charge in [0.1, 0.15) is 0 Å². The van der Waals surface area contributed by atoms with Gasteiger partial charge in [-0.25, -0.2) is 4.79 Å². The fourth-order valence-electron chi connectivity index (χ4n) is 4.91. The first-order valence-corrected chi connectivity index (χ1v) is 14.6. The number of ether oxygens (including phenoxy) is 1. The average molecular weight is 564 g/mol. The zero-order chi connectivity index (χ0) is 30.2. The molecule has 3 heteroatoms. The summed E-state index contributed by atoms with van der Waals surface area (Å²) in [4.78, 5) is 14.0. The Bertz CT molecular complexity index is 1650. The summed E-state index contributed by atoms with van der Waals surface area (Å²) in [6.07, 6.45) is 2.90. The molecule has 0 saturated carbocycles. The maximum Gasteiger partial charge on any atom is 0.333 e. The van der Waals surface area contributed by atoms with Crippen molar-refractivity contribution in [2.24, 2.45) is 0 Å². The second-order valence-electron chi connectivity index (χ2n) is 10.9. The third kappa shape index (κ3) is 7.58. The van der Waals surface area contributed by atoms with E-state index in [1.807, 2.05) is 6.07 Å². The topological polar surface area (TPSA) is 29.5 Å². The molecule has 0 saturated heterocycles. The summed E-state index contributed by atoms with van der Waals surface area (Å²) in [5.41, 5.74) is 11.9. The molecule has 0 fully saturated rings. The van der Waals surface area contributed by atoms with Gasteiger partial charge in [0.05, 0.1) is 6.61 Å². The van der Waals surface area contributed by atoms with Gasteiger partial charge in [-0.05, 0) is 91.1 Å². The number of hydrogen-bond acceptors (Lipinski definition) is 3. The second kappa shape index (κ2) is 13.7. The van der Waals surface area contributed by atoms with Gasteiger partial charge in [-0.3, -0.25) is 0 Å². The van der Waals surface area contributed by atoms with E-state index in [2.05, 4.69) is 153 Å². The SMILES string of the molecule is C=C(C)C(=O)OCCc1ccc(/C(=C\c2ccc(N(c3ccc(C)cc3)c3ccc(C)cc3)cc2)c2ccccc2)cc1. The van der Waals surface area contributed by atoms with Crippen LogP contribution in [0.2, 0.25) is 0 Å². The van der Waals surface area contributed by atoms with E-state index >= 15 is 0 Å². The molecule has 214 valence electrons. The van der Waals surface area contributed by atoms with Crippen LogP contribution in [0, 0.1) is 13.8 Å². The fraction of sp³-hybridized carbons (Fsp3) is 0.125. The van der Waals surface area contributed by atoms with E-state index in [1.54, 1.807) is 6.92 Å². The van der Waals surface area contributed by atoms with Crippen LogP contribution in [-0.4, -0.2) is 12.6 Å². The number of benzene rings is 5. The first kappa shape index (κ1) is 29.3. The van der Waals surface area contributed by atoms with Gasteiger partial charge in [-0.2, -0.15) is 0 Å². The summed E-state index contributed by atoms with van der Waals surface area (Å²) < 4.78 is 5.27. The van der Waals surface area contributed by atoms with Gasteiger partial charge in [0, 0.05) is 29.1 Å². The predicted octanol–water partition coefficient (Wildman–Crippen LogP) is 10.0. The molecular formula is C40H37NO2. The van der Waals surface area contributed by atoms with Crippen LogP contribution in [0.3, 0.4) is 0 Å². The first-order chi connectivity index (χ1) is 20.9. The van der Waals surface area contributed by atoms with Crippen LogP contribution >= 0.6 is 0 Å². The molecule has 5 rings (SSSR count). The number of esters is 1. The number of nitrogens with zero attached hydrogens (tertiary/aromatic N) is 1. The second-order valence-corrected chi connectivity index (χ2v) is 10.9. The van der Waals surface area contributed by atoms with E-state index in [9.17, 15) is 4.79 Å². The van der Waals surface area contributed by atoms with Crippen LogP contribution in [0.4, 0.5) is 17.1 Å². The monoisotopic (exact) mass is 563 g/mol. The quantitative estimate of drug-likeness (QED) is 0.0962. The summed E-state index contributed by atoms with van der Waals surface area (Å²) in [6, 6.07) is 45.0. The molecule has 0 aromatic heterocycles. The number of aryl methyl sites for hydroxylation is 2. The number of anilines is 3. The van der Waals surface area contributed by atoms with Crippen LogP contribution in [0.15, 0.2) is 140 Å². The largest absolute Gasteiger partial charge is 0.462 e. The summed E-state index contributed by atoms with van der Waals surface area (Å²) in [7, 11) is 0. The minimum absolute atomic E-state index is 0.334. The third-order valence-corrected chi connectivity index (χ3v) is 7.37. The van der Waals surface area contributed by atoms with Crippen molar-refractivity contribution in [1.29, 1.82) is 0 Å². The minimum Gasteiger partial charge on any atom is -0.462 e. The smallest absolute Gasteiger partial charge is 0.333 e. The van der Waals surface area contributed by atoms with Crippen molar-refractivity contribution in [3.63, 3.8) is 0 Å². The van der Waals surface area contributed by atoms with Crippen LogP contribution in [0.1, 0.15) is 40.3 Å². The van der Waals surface area contributed by atoms with E-state index in [-0.39, 0.29) is 5.97 Å². The standard InChI is InChI=1S/C40H37NO2/c1-29(2)40(42)43-27-26-32-14-18-35(19-15-32)39(34-8-6-5-7-9-34)28-33-16-24-38(25-17-33)41(36-20-10-30(3)11-21-36)37-22-12-31(4)13-23-37/h5-25,28H,1,26-27H2,2-4H3/b39-28-. The van der Waals surface area contributed by atoms with Crippen molar-refractivity contribution < 1.29 is 9.53 Å². The van der Waals surface area contributed by atoms with E-state index in [0.717, 1.165) is 44.9 Å². The maximum atomic E-state index is 11.7. The van der Waals surface area contributed by atoms with Gasteiger partial charge in [0.15, 0.2) is 0 Å². The van der Waals surface area contributed by atoms with E-state index in [0.29, 0.717) is 18.6 Å². The molecule has 0 radical (unpaired) electrons. The van der Waals surface area contributed by atoms with Crippen LogP contribution < -0.4 is 4.90 Å². The molecule has 0 aliphatic carbocycles. The molecule has 43 heavy (non-hydrogen) atoms. The number of carbonyl (C=O) groups excluding carboxylic acids is 1. The minimum atomic E-state index is -0.349.